The monoisotopic (exact) mass is 376 g/mol. The Kier molecular flexibility index (Phi) is 7.74. The summed E-state index contributed by atoms with van der Waals surface area (Å²) in [5, 5.41) is 2.64. The van der Waals surface area contributed by atoms with Crippen LogP contribution in [0.2, 0.25) is 0 Å². The quantitative estimate of drug-likeness (QED) is 0.486. The minimum absolute atomic E-state index is 0.530. The van der Waals surface area contributed by atoms with Crippen LogP contribution in [0.4, 0.5) is 0 Å². The zero-order valence-corrected chi connectivity index (χ0v) is 17.8. The highest BCUT2D eigenvalue weighted by molar-refractivity contribution is 5.87. The predicted octanol–water partition coefficient (Wildman–Crippen LogP) is 6.02. The average molecular weight is 377 g/mol. The van der Waals surface area contributed by atoms with Crippen LogP contribution in [0.25, 0.3) is 16.8 Å². The Balaban J connectivity index is 0.000000397. The second-order valence-electron chi connectivity index (χ2n) is 7.55. The molecule has 2 aromatic rings. The number of nitrogens with one attached hydrogen (secondary N) is 1. The molecule has 2 aromatic carbocycles. The van der Waals surface area contributed by atoms with Gasteiger partial charge in [-0.05, 0) is 80.8 Å². The van der Waals surface area contributed by atoms with E-state index < -0.39 is 0 Å². The maximum Gasteiger partial charge on any atom is 0.207 e. The number of aliphatic imine (C=N–C) groups is 1. The summed E-state index contributed by atoms with van der Waals surface area (Å²) in [4.78, 5) is 14.1. The summed E-state index contributed by atoms with van der Waals surface area (Å²) in [5.41, 5.74) is 9.50. The van der Waals surface area contributed by atoms with Gasteiger partial charge < -0.3 is 5.32 Å². The Hall–Kier alpha value is -2.68. The molecule has 3 rings (SSSR count). The van der Waals surface area contributed by atoms with Gasteiger partial charge in [0.1, 0.15) is 0 Å². The number of aryl methyl sites for hydroxylation is 3. The van der Waals surface area contributed by atoms with Gasteiger partial charge in [0.05, 0.1) is 5.70 Å². The summed E-state index contributed by atoms with van der Waals surface area (Å²) in [6, 6.07) is 13.6. The largest absolute Gasteiger partial charge is 0.356 e. The zero-order valence-electron chi connectivity index (χ0n) is 17.8. The molecule has 1 saturated carbocycles. The number of hydrogen-bond donors (Lipinski definition) is 1. The average Bonchev–Trinajstić information content (AvgIpc) is 3.48. The van der Waals surface area contributed by atoms with Gasteiger partial charge in [0.2, 0.25) is 6.41 Å². The van der Waals surface area contributed by atoms with Crippen molar-refractivity contribution in [2.24, 2.45) is 4.99 Å². The summed E-state index contributed by atoms with van der Waals surface area (Å²) in [6.07, 6.45) is 4.08. The second kappa shape index (κ2) is 10.0. The first-order chi connectivity index (χ1) is 13.3. The van der Waals surface area contributed by atoms with Crippen molar-refractivity contribution in [3.63, 3.8) is 0 Å². The molecule has 1 aliphatic rings. The Bertz CT molecular complexity index is 876. The van der Waals surface area contributed by atoms with Crippen LogP contribution in [0.5, 0.6) is 0 Å². The van der Waals surface area contributed by atoms with Crippen LogP contribution in [0.15, 0.2) is 48.0 Å². The first-order valence-electron chi connectivity index (χ1n) is 9.97. The summed E-state index contributed by atoms with van der Waals surface area (Å²) in [6.45, 7) is 14.7. The molecule has 0 heterocycles. The van der Waals surface area contributed by atoms with Crippen molar-refractivity contribution >= 4 is 17.8 Å². The van der Waals surface area contributed by atoms with E-state index >= 15 is 0 Å². The molecule has 0 spiro atoms. The van der Waals surface area contributed by atoms with E-state index in [-0.39, 0.29) is 0 Å². The number of hydrogen-bond acceptors (Lipinski definition) is 2. The Morgan fingerprint density at radius 2 is 1.82 bits per heavy atom. The van der Waals surface area contributed by atoms with Gasteiger partial charge in [-0.15, -0.1) is 0 Å². The summed E-state index contributed by atoms with van der Waals surface area (Å²) in [7, 11) is 0. The smallest absolute Gasteiger partial charge is 0.207 e. The number of benzene rings is 2. The maximum absolute atomic E-state index is 9.54. The molecular weight excluding hydrogens is 344 g/mol. The minimum atomic E-state index is 0.530. The second-order valence-corrected chi connectivity index (χ2v) is 7.55. The molecule has 0 bridgehead atoms. The van der Waals surface area contributed by atoms with E-state index in [4.69, 9.17) is 0 Å². The highest BCUT2D eigenvalue weighted by atomic mass is 16.1. The van der Waals surface area contributed by atoms with Gasteiger partial charge >= 0.3 is 0 Å². The fourth-order valence-corrected chi connectivity index (χ4v) is 2.89. The molecule has 0 unspecified atom stereocenters. The van der Waals surface area contributed by atoms with Gasteiger partial charge in [0.25, 0.3) is 0 Å². The van der Waals surface area contributed by atoms with E-state index in [9.17, 15) is 4.79 Å². The lowest BCUT2D eigenvalue weighted by Gasteiger charge is -2.12. The van der Waals surface area contributed by atoms with Crippen LogP contribution in [-0.2, 0) is 4.79 Å². The van der Waals surface area contributed by atoms with Gasteiger partial charge in [-0.2, -0.15) is 0 Å². The third kappa shape index (κ3) is 6.19. The molecule has 148 valence electrons. The molecule has 1 aliphatic carbocycles. The van der Waals surface area contributed by atoms with Crippen molar-refractivity contribution in [2.45, 2.75) is 59.9 Å². The highest BCUT2D eigenvalue weighted by Gasteiger charge is 2.18. The lowest BCUT2D eigenvalue weighted by molar-refractivity contribution is -0.109. The van der Waals surface area contributed by atoms with Crippen molar-refractivity contribution in [3.05, 3.63) is 65.2 Å². The molecule has 28 heavy (non-hydrogen) atoms. The molecule has 3 heteroatoms. The third-order valence-corrected chi connectivity index (χ3v) is 4.96. The molecule has 1 N–H and O–H groups in total. The van der Waals surface area contributed by atoms with Crippen LogP contribution in [-0.4, -0.2) is 18.2 Å². The normalized spacial score (nSPS) is 13.4. The predicted molar refractivity (Wildman–Crippen MR) is 121 cm³/mol. The van der Waals surface area contributed by atoms with Crippen LogP contribution < -0.4 is 5.32 Å². The van der Waals surface area contributed by atoms with E-state index in [2.05, 4.69) is 81.0 Å². The number of amides is 1. The molecule has 0 atom stereocenters. The van der Waals surface area contributed by atoms with Crippen LogP contribution in [0.1, 0.15) is 55.4 Å². The summed E-state index contributed by atoms with van der Waals surface area (Å²) in [5.74, 6) is 0. The highest BCUT2D eigenvalue weighted by Crippen LogP contribution is 2.29. The van der Waals surface area contributed by atoms with Gasteiger partial charge in [0, 0.05) is 11.8 Å². The number of carbonyl (C=O) groups excluding carboxylic acids is 1. The first-order valence-corrected chi connectivity index (χ1v) is 9.97. The maximum atomic E-state index is 9.54. The van der Waals surface area contributed by atoms with Gasteiger partial charge in [0.15, 0.2) is 0 Å². The van der Waals surface area contributed by atoms with Crippen LogP contribution >= 0.6 is 0 Å². The molecule has 0 aromatic heterocycles. The molecule has 3 nitrogen and oxygen atoms in total. The molecular formula is C25H32N2O. The molecule has 0 radical (unpaired) electrons. The minimum Gasteiger partial charge on any atom is -0.356 e. The first kappa shape index (κ1) is 21.6. The fourth-order valence-electron chi connectivity index (χ4n) is 2.89. The van der Waals surface area contributed by atoms with Gasteiger partial charge in [-0.1, -0.05) is 49.4 Å². The number of carbonyl (C=O) groups is 1. The number of nitrogens with zero attached hydrogens (tertiary/aromatic N) is 1. The van der Waals surface area contributed by atoms with Crippen molar-refractivity contribution in [1.29, 1.82) is 0 Å². The van der Waals surface area contributed by atoms with Crippen LogP contribution in [0, 0.1) is 20.8 Å². The Morgan fingerprint density at radius 1 is 1.11 bits per heavy atom. The van der Waals surface area contributed by atoms with Gasteiger partial charge in [-0.25, -0.2) is 0 Å². The molecule has 1 fully saturated rings. The van der Waals surface area contributed by atoms with E-state index in [0.717, 1.165) is 29.8 Å². The van der Waals surface area contributed by atoms with E-state index in [1.54, 1.807) is 0 Å². The Labute approximate surface area is 169 Å². The van der Waals surface area contributed by atoms with Crippen molar-refractivity contribution in [2.75, 3.05) is 0 Å². The van der Waals surface area contributed by atoms with Gasteiger partial charge in [-0.3, -0.25) is 9.79 Å². The van der Waals surface area contributed by atoms with E-state index in [1.165, 1.54) is 40.7 Å². The van der Waals surface area contributed by atoms with E-state index in [1.807, 2.05) is 6.92 Å². The lowest BCUT2D eigenvalue weighted by Crippen LogP contribution is -2.11. The topological polar surface area (TPSA) is 41.5 Å². The SMILES string of the molecule is C=C(N=C(C)CC)c1ccc(-c2cc(C)ccc2C)c(C)c1.O=CNC1CC1. The number of rotatable bonds is 6. The van der Waals surface area contributed by atoms with Crippen LogP contribution in [0.3, 0.4) is 0 Å². The van der Waals surface area contributed by atoms with Crippen molar-refractivity contribution < 1.29 is 4.79 Å². The van der Waals surface area contributed by atoms with E-state index in [0.29, 0.717) is 6.04 Å². The zero-order chi connectivity index (χ0) is 20.7. The standard InChI is InChI=1S/C21H25N.C4H7NO/c1-7-17(5)22-18(6)19-10-11-20(16(4)13-19)21-12-14(2)8-9-15(21)3;6-3-5-4-1-2-4/h8-13H,6-7H2,1-5H3;3-4H,1-2H2,(H,5,6). The summed E-state index contributed by atoms with van der Waals surface area (Å²) < 4.78 is 0. The molecule has 0 saturated heterocycles. The van der Waals surface area contributed by atoms with Crippen molar-refractivity contribution in [1.82, 2.24) is 5.32 Å². The molecule has 0 aliphatic heterocycles. The Morgan fingerprint density at radius 3 is 2.36 bits per heavy atom. The fraction of sp³-hybridized carbons (Fsp3) is 0.360. The third-order valence-electron chi connectivity index (χ3n) is 4.96. The summed E-state index contributed by atoms with van der Waals surface area (Å²) >= 11 is 0. The molecule has 1 amide bonds. The van der Waals surface area contributed by atoms with Crippen molar-refractivity contribution in [3.8, 4) is 11.1 Å². The lowest BCUT2D eigenvalue weighted by atomic mass is 9.93.